The van der Waals surface area contributed by atoms with Gasteiger partial charge in [-0.2, -0.15) is 4.98 Å². The van der Waals surface area contributed by atoms with Crippen LogP contribution in [0.5, 0.6) is 11.5 Å². The van der Waals surface area contributed by atoms with E-state index in [4.69, 9.17) is 13.9 Å². The Bertz CT molecular complexity index is 1530. The number of halogens is 1. The zero-order valence-corrected chi connectivity index (χ0v) is 20.7. The summed E-state index contributed by atoms with van der Waals surface area (Å²) < 4.78 is 59.4. The Hall–Kier alpha value is -4.05. The molecule has 0 bridgehead atoms. The fourth-order valence-electron chi connectivity index (χ4n) is 4.53. The zero-order chi connectivity index (χ0) is 25.4. The van der Waals surface area contributed by atoms with Gasteiger partial charge in [-0.15, -0.1) is 0 Å². The monoisotopic (exact) mass is 521 g/mol. The first-order chi connectivity index (χ1) is 18.0. The van der Waals surface area contributed by atoms with Crippen molar-refractivity contribution in [2.24, 2.45) is 0 Å². The summed E-state index contributed by atoms with van der Waals surface area (Å²) in [5.41, 5.74) is 1.19. The van der Waals surface area contributed by atoms with Crippen molar-refractivity contribution < 1.29 is 26.7 Å². The fourth-order valence-corrected chi connectivity index (χ4v) is 5.87. The second kappa shape index (κ2) is 9.44. The normalized spacial score (nSPS) is 15.6. The van der Waals surface area contributed by atoms with Gasteiger partial charge in [-0.05, 0) is 36.4 Å². The summed E-state index contributed by atoms with van der Waals surface area (Å²) in [5.74, 6) is 0.292. The lowest BCUT2D eigenvalue weighted by molar-refractivity contribution is 0.171. The van der Waals surface area contributed by atoms with Gasteiger partial charge in [-0.25, -0.2) is 12.8 Å². The van der Waals surface area contributed by atoms with E-state index in [0.29, 0.717) is 50.9 Å². The maximum Gasteiger partial charge on any atom is 0.236 e. The van der Waals surface area contributed by atoms with Gasteiger partial charge in [0, 0.05) is 37.9 Å². The molecule has 8 nitrogen and oxygen atoms in total. The molecule has 6 rings (SSSR count). The van der Waals surface area contributed by atoms with E-state index in [-0.39, 0.29) is 27.3 Å². The van der Waals surface area contributed by atoms with Crippen molar-refractivity contribution in [1.82, 2.24) is 4.98 Å². The maximum atomic E-state index is 14.6. The number of para-hydroxylation sites is 1. The van der Waals surface area contributed by atoms with Crippen molar-refractivity contribution in [2.75, 3.05) is 49.2 Å². The van der Waals surface area contributed by atoms with Gasteiger partial charge in [-0.1, -0.05) is 30.3 Å². The number of rotatable bonds is 5. The predicted octanol–water partition coefficient (Wildman–Crippen LogP) is 4.41. The molecule has 0 aliphatic carbocycles. The van der Waals surface area contributed by atoms with Crippen LogP contribution in [0.3, 0.4) is 0 Å². The van der Waals surface area contributed by atoms with Gasteiger partial charge in [-0.3, -0.25) is 0 Å². The number of ether oxygens (including phenoxy) is 2. The minimum Gasteiger partial charge on any atom is -0.486 e. The summed E-state index contributed by atoms with van der Waals surface area (Å²) in [7, 11) is -4.14. The largest absolute Gasteiger partial charge is 0.486 e. The molecule has 0 spiro atoms. The van der Waals surface area contributed by atoms with E-state index in [1.165, 1.54) is 24.3 Å². The zero-order valence-electron chi connectivity index (χ0n) is 19.8. The van der Waals surface area contributed by atoms with E-state index in [2.05, 4.69) is 9.88 Å². The first-order valence-corrected chi connectivity index (χ1v) is 13.4. The summed E-state index contributed by atoms with van der Waals surface area (Å²) in [6.45, 7) is 3.05. The number of benzene rings is 3. The van der Waals surface area contributed by atoms with Gasteiger partial charge >= 0.3 is 0 Å². The number of nitrogens with zero attached hydrogens (tertiary/aromatic N) is 3. The van der Waals surface area contributed by atoms with Gasteiger partial charge in [0.05, 0.1) is 10.5 Å². The highest BCUT2D eigenvalue weighted by atomic mass is 32.2. The highest BCUT2D eigenvalue weighted by Gasteiger charge is 2.34. The lowest BCUT2D eigenvalue weighted by Gasteiger charge is -2.36. The van der Waals surface area contributed by atoms with Gasteiger partial charge in [0.2, 0.25) is 26.6 Å². The Morgan fingerprint density at radius 1 is 0.784 bits per heavy atom. The number of hydrogen-bond donors (Lipinski definition) is 0. The van der Waals surface area contributed by atoms with Gasteiger partial charge in [0.15, 0.2) is 11.5 Å². The molecule has 0 radical (unpaired) electrons. The Kier molecular flexibility index (Phi) is 5.96. The molecule has 3 aromatic carbocycles. The van der Waals surface area contributed by atoms with Crippen molar-refractivity contribution in [3.63, 3.8) is 0 Å². The van der Waals surface area contributed by atoms with Gasteiger partial charge in [0.1, 0.15) is 19.0 Å². The third-order valence-electron chi connectivity index (χ3n) is 6.45. The molecule has 1 aromatic heterocycles. The van der Waals surface area contributed by atoms with Crippen LogP contribution >= 0.6 is 0 Å². The summed E-state index contributed by atoms with van der Waals surface area (Å²) >= 11 is 0. The van der Waals surface area contributed by atoms with Crippen molar-refractivity contribution in [3.05, 3.63) is 78.6 Å². The summed E-state index contributed by atoms with van der Waals surface area (Å²) in [6.07, 6.45) is 0. The molecule has 4 aromatic rings. The van der Waals surface area contributed by atoms with Crippen LogP contribution in [0.2, 0.25) is 0 Å². The molecule has 0 atom stereocenters. The third kappa shape index (κ3) is 4.37. The Balaban J connectivity index is 1.39. The molecule has 1 saturated heterocycles. The van der Waals surface area contributed by atoms with Crippen molar-refractivity contribution in [2.45, 2.75) is 9.92 Å². The van der Waals surface area contributed by atoms with Crippen LogP contribution < -0.4 is 19.3 Å². The summed E-state index contributed by atoms with van der Waals surface area (Å²) in [4.78, 5) is 8.40. The van der Waals surface area contributed by atoms with Crippen molar-refractivity contribution >= 4 is 21.4 Å². The van der Waals surface area contributed by atoms with Crippen molar-refractivity contribution in [1.29, 1.82) is 0 Å². The van der Waals surface area contributed by atoms with Crippen LogP contribution in [0.15, 0.2) is 87.1 Å². The molecule has 37 heavy (non-hydrogen) atoms. The van der Waals surface area contributed by atoms with Crippen LogP contribution in [0.1, 0.15) is 0 Å². The molecule has 0 N–H and O–H groups in total. The van der Waals surface area contributed by atoms with E-state index in [1.54, 1.807) is 18.2 Å². The maximum absolute atomic E-state index is 14.6. The molecular formula is C27H24FN3O5S. The molecule has 0 unspecified atom stereocenters. The number of hydrogen-bond acceptors (Lipinski definition) is 8. The molecular weight excluding hydrogens is 497 g/mol. The quantitative estimate of drug-likeness (QED) is 0.382. The summed E-state index contributed by atoms with van der Waals surface area (Å²) in [6, 6.07) is 20.5. The topological polar surface area (TPSA) is 85.1 Å². The average Bonchev–Trinajstić information content (AvgIpc) is 3.40. The highest BCUT2D eigenvalue weighted by Crippen LogP contribution is 2.39. The molecule has 190 valence electrons. The minimum absolute atomic E-state index is 0.00527. The fraction of sp³-hybridized carbons (Fsp3) is 0.222. The van der Waals surface area contributed by atoms with Crippen molar-refractivity contribution in [3.8, 4) is 23.0 Å². The van der Waals surface area contributed by atoms with Crippen LogP contribution in [0.25, 0.3) is 11.5 Å². The van der Waals surface area contributed by atoms with E-state index >= 15 is 0 Å². The van der Waals surface area contributed by atoms with E-state index in [1.807, 2.05) is 35.2 Å². The molecule has 0 amide bonds. The Labute approximate surface area is 213 Å². The molecule has 1 fully saturated rings. The van der Waals surface area contributed by atoms with E-state index < -0.39 is 15.7 Å². The van der Waals surface area contributed by atoms with E-state index in [0.717, 1.165) is 5.69 Å². The van der Waals surface area contributed by atoms with Gasteiger partial charge in [0.25, 0.3) is 0 Å². The lowest BCUT2D eigenvalue weighted by atomic mass is 10.2. The smallest absolute Gasteiger partial charge is 0.236 e. The number of aromatic nitrogens is 1. The molecule has 10 heteroatoms. The number of oxazole rings is 1. The Morgan fingerprint density at radius 2 is 1.46 bits per heavy atom. The summed E-state index contributed by atoms with van der Waals surface area (Å²) in [5, 5.41) is -0.254. The lowest BCUT2D eigenvalue weighted by Crippen LogP contribution is -2.46. The minimum atomic E-state index is -4.14. The van der Waals surface area contributed by atoms with Crippen LogP contribution in [-0.4, -0.2) is 52.8 Å². The highest BCUT2D eigenvalue weighted by molar-refractivity contribution is 7.91. The second-order valence-corrected chi connectivity index (χ2v) is 10.6. The predicted molar refractivity (Wildman–Crippen MR) is 136 cm³/mol. The average molecular weight is 522 g/mol. The number of piperazine rings is 1. The standard InChI is InChI=1S/C27H24FN3O5S/c28-22-9-5-4-8-21(22)25-29-26(37(32,33)20-10-11-23-24(18-20)35-17-16-34-23)27(36-25)31-14-12-30(13-15-31)19-6-2-1-3-7-19/h1-11,18H,12-17H2. The first kappa shape index (κ1) is 23.4. The SMILES string of the molecule is O=S(=O)(c1ccc2c(c1)OCCO2)c1nc(-c2ccccc2F)oc1N1CCN(c2ccccc2)CC1. The molecule has 3 heterocycles. The number of fused-ring (bicyclic) bond motifs is 1. The molecule has 0 saturated carbocycles. The molecule has 2 aliphatic rings. The Morgan fingerprint density at radius 3 is 2.22 bits per heavy atom. The number of anilines is 2. The van der Waals surface area contributed by atoms with E-state index in [9.17, 15) is 12.8 Å². The molecule has 2 aliphatic heterocycles. The third-order valence-corrected chi connectivity index (χ3v) is 8.10. The van der Waals surface area contributed by atoms with Gasteiger partial charge < -0.3 is 23.7 Å². The van der Waals surface area contributed by atoms with Crippen LogP contribution in [-0.2, 0) is 9.84 Å². The van der Waals surface area contributed by atoms with Crippen LogP contribution in [0, 0.1) is 5.82 Å². The number of sulfone groups is 1. The second-order valence-electron chi connectivity index (χ2n) is 8.73. The first-order valence-electron chi connectivity index (χ1n) is 12.0. The van der Waals surface area contributed by atoms with Crippen LogP contribution in [0.4, 0.5) is 16.0 Å².